The lowest BCUT2D eigenvalue weighted by atomic mass is 9.76. The number of nitrogens with one attached hydrogen (secondary N) is 3. The number of benzene rings is 3. The van der Waals surface area contributed by atoms with Gasteiger partial charge in [-0.1, -0.05) is 45.0 Å². The first-order chi connectivity index (χ1) is 29.5. The Hall–Kier alpha value is -4.27. The van der Waals surface area contributed by atoms with E-state index in [4.69, 9.17) is 9.47 Å². The maximum Gasteiger partial charge on any atom is 0.243 e. The van der Waals surface area contributed by atoms with Crippen molar-refractivity contribution in [2.45, 2.75) is 72.1 Å². The molecule has 334 valence electrons. The number of ether oxygens (including phenoxy) is 2. The number of β-amino-alcohol motifs (C(OH)–C–C–N with tert-alkyl or cyclic N) is 1. The molecule has 1 saturated heterocycles. The molecule has 17 heteroatoms. The minimum atomic E-state index is -1.30. The fourth-order valence-corrected chi connectivity index (χ4v) is 8.25. The number of aliphatic hydroxyl groups is 1. The lowest BCUT2D eigenvalue weighted by Gasteiger charge is -2.34. The highest BCUT2D eigenvalue weighted by Gasteiger charge is 2.44. The molecule has 62 heavy (non-hydrogen) atoms. The predicted molar refractivity (Wildman–Crippen MR) is 240 cm³/mol. The molecule has 1 aliphatic rings. The molecular weight excluding hydrogens is 938 g/mol. The first-order valence-corrected chi connectivity index (χ1v) is 22.4. The second-order valence-corrected chi connectivity index (χ2v) is 18.3. The van der Waals surface area contributed by atoms with Crippen LogP contribution in [-0.2, 0) is 30.4 Å². The molecule has 0 radical (unpaired) electrons. The number of rotatable bonds is 22. The molecule has 5 rings (SSSR count). The number of nitrogens with zero attached hydrogens (tertiary/aromatic N) is 2. The average molecular weight is 992 g/mol. The SMILES string of the molecule is Cc1ncsc1-c1ccc(CNC(=O)[C@@H]2C[C@@H](O)CN2C(=O)[C@@H](CC(=O)CCOCCNCCCOCC(=O)c2ccc(F)c(F)c2Nc2ccc(I)cc2F)C(C)(C)C)cc1. The molecule has 0 aliphatic carbocycles. The number of thiazole rings is 1. The van der Waals surface area contributed by atoms with Crippen LogP contribution >= 0.6 is 33.9 Å². The molecular formula is C45H53F3IN5O7S. The summed E-state index contributed by atoms with van der Waals surface area (Å²) in [7, 11) is 0. The van der Waals surface area contributed by atoms with Gasteiger partial charge in [-0.25, -0.2) is 18.2 Å². The number of Topliss-reactive ketones (excluding diaryl/α,β-unsaturated/α-hetero) is 2. The largest absolute Gasteiger partial charge is 0.391 e. The Morgan fingerprint density at radius 2 is 1.74 bits per heavy atom. The van der Waals surface area contributed by atoms with Gasteiger partial charge in [0.25, 0.3) is 0 Å². The Morgan fingerprint density at radius 1 is 0.984 bits per heavy atom. The Bertz CT molecular complexity index is 2190. The standard InChI is InChI=1S/C45H53F3IN5O7S/c1-27-42(62-26-52-27)29-8-6-28(7-9-29)23-51-43(58)38-22-32(56)24-54(38)44(59)34(45(2,3)4)21-31(55)14-18-60-19-16-50-15-5-17-61-25-39(57)33-11-12-35(46)40(48)41(33)53-37-13-10-30(49)20-36(37)47/h6-13,20,26,32,34,38,50,53,56H,5,14-19,21-25H2,1-4H3,(H,51,58)/t32-,34-,38+/m1/s1. The maximum absolute atomic E-state index is 14.7. The number of carbonyl (C=O) groups excluding carboxylic acids is 4. The molecule has 3 atom stereocenters. The van der Waals surface area contributed by atoms with Crippen molar-refractivity contribution < 1.29 is 46.9 Å². The minimum absolute atomic E-state index is 0.00872. The summed E-state index contributed by atoms with van der Waals surface area (Å²) < 4.78 is 54.8. The maximum atomic E-state index is 14.7. The van der Waals surface area contributed by atoms with Crippen molar-refractivity contribution in [1.29, 1.82) is 0 Å². The number of halogens is 4. The second kappa shape index (κ2) is 22.9. The zero-order valence-corrected chi connectivity index (χ0v) is 38.2. The van der Waals surface area contributed by atoms with Gasteiger partial charge in [-0.15, -0.1) is 11.3 Å². The van der Waals surface area contributed by atoms with E-state index in [1.165, 1.54) is 17.0 Å². The number of anilines is 2. The van der Waals surface area contributed by atoms with E-state index >= 15 is 0 Å². The number of hydrogen-bond donors (Lipinski definition) is 4. The molecule has 0 spiro atoms. The van der Waals surface area contributed by atoms with E-state index < -0.39 is 59.0 Å². The third-order valence-corrected chi connectivity index (χ3v) is 12.1. The van der Waals surface area contributed by atoms with Gasteiger partial charge < -0.3 is 35.4 Å². The lowest BCUT2D eigenvalue weighted by Crippen LogP contribution is -2.50. The summed E-state index contributed by atoms with van der Waals surface area (Å²) in [5.41, 5.74) is 3.34. The first-order valence-electron chi connectivity index (χ1n) is 20.4. The van der Waals surface area contributed by atoms with Gasteiger partial charge in [0.05, 0.1) is 46.8 Å². The van der Waals surface area contributed by atoms with Crippen LogP contribution < -0.4 is 16.0 Å². The number of hydrogen-bond acceptors (Lipinski definition) is 11. The number of aliphatic hydroxyl groups excluding tert-OH is 1. The molecule has 2 amide bonds. The van der Waals surface area contributed by atoms with Gasteiger partial charge in [0.15, 0.2) is 17.4 Å². The molecule has 2 heterocycles. The van der Waals surface area contributed by atoms with Crippen LogP contribution in [0.3, 0.4) is 0 Å². The van der Waals surface area contributed by atoms with Gasteiger partial charge in [0.1, 0.15) is 24.2 Å². The normalized spacial score (nSPS) is 15.7. The summed E-state index contributed by atoms with van der Waals surface area (Å²) in [6.45, 7) is 9.15. The van der Waals surface area contributed by atoms with Crippen molar-refractivity contribution >= 4 is 68.7 Å². The highest BCUT2D eigenvalue weighted by Crippen LogP contribution is 2.34. The van der Waals surface area contributed by atoms with Crippen molar-refractivity contribution in [3.8, 4) is 10.4 Å². The lowest BCUT2D eigenvalue weighted by molar-refractivity contribution is -0.146. The Morgan fingerprint density at radius 3 is 2.44 bits per heavy atom. The van der Waals surface area contributed by atoms with Crippen LogP contribution in [0.1, 0.15) is 68.1 Å². The number of ketones is 2. The predicted octanol–water partition coefficient (Wildman–Crippen LogP) is 7.37. The first kappa shape index (κ1) is 48.8. The fourth-order valence-electron chi connectivity index (χ4n) is 6.99. The zero-order chi connectivity index (χ0) is 45.0. The Labute approximate surface area is 377 Å². The van der Waals surface area contributed by atoms with E-state index in [-0.39, 0.29) is 74.4 Å². The van der Waals surface area contributed by atoms with Gasteiger partial charge in [-0.2, -0.15) is 0 Å². The Balaban J connectivity index is 0.981. The molecule has 0 saturated carbocycles. The fraction of sp³-hybridized carbons (Fsp3) is 0.444. The highest BCUT2D eigenvalue weighted by atomic mass is 127. The summed E-state index contributed by atoms with van der Waals surface area (Å²) in [5, 5.41) is 19.1. The molecule has 1 aromatic heterocycles. The molecule has 0 bridgehead atoms. The summed E-state index contributed by atoms with van der Waals surface area (Å²) in [6.07, 6.45) is -0.147. The summed E-state index contributed by atoms with van der Waals surface area (Å²) >= 11 is 3.48. The van der Waals surface area contributed by atoms with Gasteiger partial charge in [-0.3, -0.25) is 19.2 Å². The van der Waals surface area contributed by atoms with E-state index in [1.54, 1.807) is 22.9 Å². The van der Waals surface area contributed by atoms with Crippen LogP contribution in [0.2, 0.25) is 0 Å². The molecule has 1 fully saturated rings. The summed E-state index contributed by atoms with van der Waals surface area (Å²) in [6, 6.07) is 13.1. The smallest absolute Gasteiger partial charge is 0.243 e. The molecule has 4 aromatic rings. The summed E-state index contributed by atoms with van der Waals surface area (Å²) in [5.74, 6) is -5.34. The van der Waals surface area contributed by atoms with Crippen LogP contribution in [0.5, 0.6) is 0 Å². The molecule has 3 aromatic carbocycles. The topological polar surface area (TPSA) is 159 Å². The van der Waals surface area contributed by atoms with Crippen LogP contribution in [0.4, 0.5) is 24.5 Å². The van der Waals surface area contributed by atoms with Crippen LogP contribution in [-0.4, -0.2) is 96.6 Å². The second-order valence-electron chi connectivity index (χ2n) is 16.2. The van der Waals surface area contributed by atoms with Crippen molar-refractivity contribution in [3.63, 3.8) is 0 Å². The zero-order valence-electron chi connectivity index (χ0n) is 35.2. The van der Waals surface area contributed by atoms with E-state index in [0.29, 0.717) is 29.7 Å². The number of aryl methyl sites for hydroxylation is 1. The van der Waals surface area contributed by atoms with E-state index in [9.17, 15) is 37.5 Å². The molecule has 0 unspecified atom stereocenters. The monoisotopic (exact) mass is 991 g/mol. The van der Waals surface area contributed by atoms with Crippen LogP contribution in [0.15, 0.2) is 60.1 Å². The van der Waals surface area contributed by atoms with E-state index in [0.717, 1.165) is 33.8 Å². The quantitative estimate of drug-likeness (QED) is 0.0356. The van der Waals surface area contributed by atoms with Crippen LogP contribution in [0.25, 0.3) is 10.4 Å². The molecule has 4 N–H and O–H groups in total. The van der Waals surface area contributed by atoms with Gasteiger partial charge in [0, 0.05) is 60.6 Å². The average Bonchev–Trinajstić information content (AvgIpc) is 3.85. The minimum Gasteiger partial charge on any atom is -0.391 e. The van der Waals surface area contributed by atoms with Gasteiger partial charge in [-0.05, 0) is 89.4 Å². The number of amides is 2. The summed E-state index contributed by atoms with van der Waals surface area (Å²) in [4.78, 5) is 60.1. The third kappa shape index (κ3) is 13.6. The van der Waals surface area contributed by atoms with Crippen LogP contribution in [0, 0.1) is 39.3 Å². The molecule has 1 aliphatic heterocycles. The van der Waals surface area contributed by atoms with Crippen molar-refractivity contribution in [3.05, 3.63) is 98.0 Å². The van der Waals surface area contributed by atoms with Gasteiger partial charge >= 0.3 is 0 Å². The third-order valence-electron chi connectivity index (χ3n) is 10.5. The van der Waals surface area contributed by atoms with Gasteiger partial charge in [0.2, 0.25) is 11.8 Å². The van der Waals surface area contributed by atoms with E-state index in [1.807, 2.05) is 74.6 Å². The number of likely N-dealkylation sites (tertiary alicyclic amines) is 1. The number of aromatic nitrogens is 1. The number of carbonyl (C=O) groups is 4. The Kier molecular flexibility index (Phi) is 18.0. The highest BCUT2D eigenvalue weighted by molar-refractivity contribution is 14.1. The van der Waals surface area contributed by atoms with E-state index in [2.05, 4.69) is 20.9 Å². The van der Waals surface area contributed by atoms with Crippen molar-refractivity contribution in [2.24, 2.45) is 11.3 Å². The molecule has 12 nitrogen and oxygen atoms in total. The van der Waals surface area contributed by atoms with Crippen molar-refractivity contribution in [2.75, 3.05) is 51.4 Å². The van der Waals surface area contributed by atoms with Crippen molar-refractivity contribution in [1.82, 2.24) is 20.5 Å².